The van der Waals surface area contributed by atoms with Crippen molar-refractivity contribution in [2.45, 2.75) is 76.2 Å². The van der Waals surface area contributed by atoms with Crippen LogP contribution in [0.2, 0.25) is 0 Å². The summed E-state index contributed by atoms with van der Waals surface area (Å²) >= 11 is 0. The number of aliphatic carboxylic acids is 1. The van der Waals surface area contributed by atoms with Gasteiger partial charge in [0.1, 0.15) is 30.0 Å². The number of hydrogen-bond donors (Lipinski definition) is 10. The lowest BCUT2D eigenvalue weighted by Gasteiger charge is -2.33. The third kappa shape index (κ3) is 10.9. The number of aliphatic imine (C=N–C) groups is 1. The Morgan fingerprint density at radius 1 is 1.00 bits per heavy atom. The Balaban J connectivity index is 1.94. The molecule has 0 fully saturated rings. The number of hydroxylamine groups is 3. The Morgan fingerprint density at radius 3 is 2.18 bits per heavy atom. The van der Waals surface area contributed by atoms with Crippen LogP contribution in [0.1, 0.15) is 52.5 Å². The second-order valence-electron chi connectivity index (χ2n) is 12.4. The van der Waals surface area contributed by atoms with Gasteiger partial charge in [-0.3, -0.25) is 28.9 Å². The van der Waals surface area contributed by atoms with Gasteiger partial charge in [-0.05, 0) is 64.8 Å². The molecule has 3 atom stereocenters. The number of nitrogens with zero attached hydrogens (tertiary/aromatic N) is 3. The molecule has 4 amide bonds. The Bertz CT molecular complexity index is 1440. The van der Waals surface area contributed by atoms with Crippen LogP contribution < -0.4 is 43.2 Å². The van der Waals surface area contributed by atoms with Crippen molar-refractivity contribution in [2.75, 3.05) is 32.8 Å². The number of carboxylic acids is 1. The maximum absolute atomic E-state index is 12.9. The SMILES string of the molecule is CC1(C)N(O)C(c2ccc(OCCNC(=O)C[C@H](NC(=O)CNC(=O)[C@@H](N)CCCN=C(N)N)C(=O)N[C@@H](CO)C(=O)O)cc2)=[N+]([O-])C1(C)C. The van der Waals surface area contributed by atoms with Gasteiger partial charge in [-0.1, -0.05) is 0 Å². The normalized spacial score (nSPS) is 16.4. The van der Waals surface area contributed by atoms with Gasteiger partial charge < -0.3 is 58.6 Å². The largest absolute Gasteiger partial charge is 0.714 e. The van der Waals surface area contributed by atoms with Crippen molar-refractivity contribution < 1.29 is 48.9 Å². The number of aliphatic hydroxyl groups excluding tert-OH is 1. The molecule has 0 bridgehead atoms. The highest BCUT2D eigenvalue weighted by Crippen LogP contribution is 2.37. The van der Waals surface area contributed by atoms with Gasteiger partial charge in [0.15, 0.2) is 11.5 Å². The maximum Gasteiger partial charge on any atom is 0.328 e. The summed E-state index contributed by atoms with van der Waals surface area (Å²) < 4.78 is 6.39. The van der Waals surface area contributed by atoms with Gasteiger partial charge >= 0.3 is 11.8 Å². The molecular formula is C30H48N10O10. The lowest BCUT2D eigenvalue weighted by atomic mass is 9.84. The number of nitrogens with two attached hydrogens (primary N) is 3. The van der Waals surface area contributed by atoms with Crippen LogP contribution >= 0.6 is 0 Å². The topological polar surface area (TPSA) is 323 Å². The molecule has 1 aliphatic rings. The first-order chi connectivity index (χ1) is 23.3. The van der Waals surface area contributed by atoms with Crippen molar-refractivity contribution in [3.8, 4) is 5.75 Å². The summed E-state index contributed by atoms with van der Waals surface area (Å²) in [6.45, 7) is 5.59. The third-order valence-corrected chi connectivity index (χ3v) is 8.30. The first-order valence-electron chi connectivity index (χ1n) is 15.7. The smallest absolute Gasteiger partial charge is 0.328 e. The molecular weight excluding hydrogens is 660 g/mol. The number of carbonyl (C=O) groups excluding carboxylic acids is 4. The third-order valence-electron chi connectivity index (χ3n) is 8.30. The minimum atomic E-state index is -1.70. The summed E-state index contributed by atoms with van der Waals surface area (Å²) in [7, 11) is 0. The van der Waals surface area contributed by atoms with Crippen molar-refractivity contribution >= 4 is 41.4 Å². The lowest BCUT2D eigenvalue weighted by Crippen LogP contribution is -2.55. The summed E-state index contributed by atoms with van der Waals surface area (Å²) in [6.07, 6.45) is -0.0249. The van der Waals surface area contributed by atoms with Gasteiger partial charge in [-0.2, -0.15) is 0 Å². The fraction of sp³-hybridized carbons (Fsp3) is 0.567. The molecule has 1 aromatic rings. The van der Waals surface area contributed by atoms with Gasteiger partial charge in [-0.25, -0.2) is 10.0 Å². The van der Waals surface area contributed by atoms with E-state index in [9.17, 15) is 44.6 Å². The Hall–Kier alpha value is -5.21. The van der Waals surface area contributed by atoms with Crippen LogP contribution in [0.25, 0.3) is 0 Å². The number of nitrogens with one attached hydrogen (secondary N) is 4. The molecule has 0 saturated carbocycles. The standard InChI is InChI=1S/C30H48N10O10/c1-29(2)30(3,4)40(49)26(39(29)48)17-7-9-18(10-8-17)50-13-12-34-22(42)14-20(25(45)38-21(16-41)27(46)47)37-23(43)15-36-24(44)19(31)6-5-11-35-28(32)33/h7-10,19-21,41,48H,5-6,11-16,31H2,1-4H3,(H,34,42)(H,36,44)(H,37,43)(H,38,45)(H,46,47)(H4,32,33,35)/t19-,20-,21-/m0/s1. The maximum atomic E-state index is 12.9. The van der Waals surface area contributed by atoms with E-state index < -0.39 is 78.4 Å². The summed E-state index contributed by atoms with van der Waals surface area (Å²) in [4.78, 5) is 65.4. The van der Waals surface area contributed by atoms with Gasteiger partial charge in [0, 0.05) is 6.54 Å². The number of amides is 4. The number of aliphatic hydroxyl groups is 1. The van der Waals surface area contributed by atoms with E-state index in [1.807, 2.05) is 5.32 Å². The monoisotopic (exact) mass is 708 g/mol. The predicted octanol–water partition coefficient (Wildman–Crippen LogP) is -3.37. The van der Waals surface area contributed by atoms with Crippen LogP contribution in [0.5, 0.6) is 5.75 Å². The first-order valence-corrected chi connectivity index (χ1v) is 15.7. The van der Waals surface area contributed by atoms with Crippen molar-refractivity contribution in [2.24, 2.45) is 22.2 Å². The van der Waals surface area contributed by atoms with E-state index in [1.54, 1.807) is 52.0 Å². The summed E-state index contributed by atoms with van der Waals surface area (Å²) in [5.74, 6) is -4.51. The van der Waals surface area contributed by atoms with Crippen LogP contribution in [0.4, 0.5) is 0 Å². The van der Waals surface area contributed by atoms with E-state index in [-0.39, 0.29) is 37.9 Å². The minimum absolute atomic E-state index is 0.0193. The average Bonchev–Trinajstić information content (AvgIpc) is 3.17. The number of ether oxygens (including phenoxy) is 1. The van der Waals surface area contributed by atoms with E-state index >= 15 is 0 Å². The second kappa shape index (κ2) is 18.0. The molecule has 1 aromatic carbocycles. The first kappa shape index (κ1) is 41.0. The number of amidine groups is 1. The second-order valence-corrected chi connectivity index (χ2v) is 12.4. The molecule has 20 heteroatoms. The van der Waals surface area contributed by atoms with Crippen molar-refractivity contribution in [1.29, 1.82) is 0 Å². The molecule has 50 heavy (non-hydrogen) atoms. The molecule has 0 aromatic heterocycles. The van der Waals surface area contributed by atoms with Gasteiger partial charge in [0.05, 0.1) is 37.7 Å². The zero-order valence-electron chi connectivity index (χ0n) is 28.5. The lowest BCUT2D eigenvalue weighted by molar-refractivity contribution is -0.539. The fourth-order valence-electron chi connectivity index (χ4n) is 4.54. The van der Waals surface area contributed by atoms with Gasteiger partial charge in [0.2, 0.25) is 23.6 Å². The van der Waals surface area contributed by atoms with Crippen LogP contribution in [0, 0.1) is 5.21 Å². The number of carbonyl (C=O) groups is 5. The zero-order chi connectivity index (χ0) is 37.8. The van der Waals surface area contributed by atoms with E-state index in [2.05, 4.69) is 20.9 Å². The van der Waals surface area contributed by atoms with Crippen molar-refractivity contribution in [1.82, 2.24) is 26.3 Å². The molecule has 20 nitrogen and oxygen atoms in total. The summed E-state index contributed by atoms with van der Waals surface area (Å²) in [5.41, 5.74) is 15.0. The predicted molar refractivity (Wildman–Crippen MR) is 179 cm³/mol. The average molecular weight is 709 g/mol. The molecule has 0 radical (unpaired) electrons. The Morgan fingerprint density at radius 2 is 1.64 bits per heavy atom. The summed E-state index contributed by atoms with van der Waals surface area (Å²) in [6, 6.07) is 2.10. The minimum Gasteiger partial charge on any atom is -0.714 e. The molecule has 13 N–H and O–H groups in total. The number of carboxylic acid groups (broad SMARTS) is 1. The van der Waals surface area contributed by atoms with Crippen LogP contribution in [-0.2, 0) is 24.0 Å². The Labute approximate surface area is 288 Å². The zero-order valence-corrected chi connectivity index (χ0v) is 28.5. The molecule has 0 unspecified atom stereocenters. The van der Waals surface area contributed by atoms with E-state index in [0.29, 0.717) is 17.7 Å². The highest BCUT2D eigenvalue weighted by atomic mass is 16.5. The molecule has 0 saturated heterocycles. The van der Waals surface area contributed by atoms with Crippen LogP contribution in [-0.4, -0.2) is 129 Å². The number of hydrogen-bond acceptors (Lipinski definition) is 12. The van der Waals surface area contributed by atoms with Crippen molar-refractivity contribution in [3.05, 3.63) is 35.0 Å². The molecule has 2 rings (SSSR count). The fourth-order valence-corrected chi connectivity index (χ4v) is 4.54. The van der Waals surface area contributed by atoms with E-state index in [4.69, 9.17) is 21.9 Å². The van der Waals surface area contributed by atoms with E-state index in [1.165, 1.54) is 0 Å². The molecule has 1 heterocycles. The van der Waals surface area contributed by atoms with Crippen LogP contribution in [0.3, 0.4) is 0 Å². The molecule has 0 spiro atoms. The molecule has 0 aliphatic carbocycles. The Kier molecular flexibility index (Phi) is 14.7. The molecule has 278 valence electrons. The number of guanidine groups is 1. The van der Waals surface area contributed by atoms with Gasteiger partial charge in [0.25, 0.3) is 0 Å². The van der Waals surface area contributed by atoms with Crippen molar-refractivity contribution in [3.63, 3.8) is 0 Å². The highest BCUT2D eigenvalue weighted by Gasteiger charge is 2.58. The number of benzene rings is 1. The summed E-state index contributed by atoms with van der Waals surface area (Å²) in [5, 5.41) is 52.1. The quantitative estimate of drug-likeness (QED) is 0.0221. The number of rotatable bonds is 19. The van der Waals surface area contributed by atoms with Gasteiger partial charge in [-0.15, -0.1) is 5.06 Å². The molecule has 1 aliphatic heterocycles. The highest BCUT2D eigenvalue weighted by molar-refractivity contribution is 5.96. The van der Waals surface area contributed by atoms with E-state index in [0.717, 1.165) is 9.80 Å². The van der Waals surface area contributed by atoms with Crippen LogP contribution in [0.15, 0.2) is 29.3 Å².